The second-order valence-electron chi connectivity index (χ2n) is 6.43. The average molecular weight is 312 g/mol. The van der Waals surface area contributed by atoms with Gasteiger partial charge in [-0.15, -0.1) is 0 Å². The second kappa shape index (κ2) is 16.5. The molecule has 3 heteroatoms. The summed E-state index contributed by atoms with van der Waals surface area (Å²) in [7, 11) is 0. The van der Waals surface area contributed by atoms with Crippen LogP contribution in [0.25, 0.3) is 0 Å². The van der Waals surface area contributed by atoms with Crippen molar-refractivity contribution in [3.63, 3.8) is 0 Å². The van der Waals surface area contributed by atoms with Gasteiger partial charge < -0.3 is 5.11 Å². The molecule has 0 aromatic rings. The Morgan fingerprint density at radius 3 is 1.36 bits per heavy atom. The molecule has 0 saturated carbocycles. The van der Waals surface area contributed by atoms with Crippen LogP contribution in [0, 0.1) is 0 Å². The predicted octanol–water partition coefficient (Wildman–Crippen LogP) is 5.90. The molecular weight excluding hydrogens is 276 g/mol. The van der Waals surface area contributed by atoms with Crippen molar-refractivity contribution in [2.24, 2.45) is 0 Å². The fraction of sp³-hybridized carbons (Fsp3) is 0.895. The highest BCUT2D eigenvalue weighted by molar-refractivity contribution is 5.78. The Morgan fingerprint density at radius 1 is 0.591 bits per heavy atom. The molecule has 0 unspecified atom stereocenters. The minimum Gasteiger partial charge on any atom is -0.481 e. The Kier molecular flexibility index (Phi) is 15.9. The summed E-state index contributed by atoms with van der Waals surface area (Å²) in [5.74, 6) is -0.236. The third kappa shape index (κ3) is 17.2. The first-order valence-electron chi connectivity index (χ1n) is 9.40. The molecule has 0 saturated heterocycles. The normalized spacial score (nSPS) is 10.8. The SMILES string of the molecule is CCCCCCCC(=O)CCCCCCCCCCC(=O)O. The molecule has 0 bridgehead atoms. The van der Waals surface area contributed by atoms with Gasteiger partial charge in [-0.2, -0.15) is 0 Å². The van der Waals surface area contributed by atoms with Crippen molar-refractivity contribution in [2.45, 2.75) is 110 Å². The van der Waals surface area contributed by atoms with E-state index in [0.29, 0.717) is 12.2 Å². The van der Waals surface area contributed by atoms with Crippen molar-refractivity contribution in [1.29, 1.82) is 0 Å². The molecule has 0 aromatic heterocycles. The van der Waals surface area contributed by atoms with E-state index in [2.05, 4.69) is 6.92 Å². The summed E-state index contributed by atoms with van der Waals surface area (Å²) in [5.41, 5.74) is 0. The minimum atomic E-state index is -0.685. The monoisotopic (exact) mass is 312 g/mol. The molecule has 0 fully saturated rings. The van der Waals surface area contributed by atoms with E-state index in [4.69, 9.17) is 5.11 Å². The smallest absolute Gasteiger partial charge is 0.303 e. The zero-order chi connectivity index (χ0) is 16.5. The summed E-state index contributed by atoms with van der Waals surface area (Å²) >= 11 is 0. The lowest BCUT2D eigenvalue weighted by Gasteiger charge is -2.03. The number of hydrogen-bond donors (Lipinski definition) is 1. The Balaban J connectivity index is 3.15. The van der Waals surface area contributed by atoms with Crippen LogP contribution in [0.15, 0.2) is 0 Å². The van der Waals surface area contributed by atoms with Gasteiger partial charge in [-0.25, -0.2) is 0 Å². The number of carbonyl (C=O) groups excluding carboxylic acids is 1. The third-order valence-corrected chi connectivity index (χ3v) is 4.16. The Bertz CT molecular complexity index is 274. The van der Waals surface area contributed by atoms with Crippen molar-refractivity contribution >= 4 is 11.8 Å². The number of rotatable bonds is 17. The van der Waals surface area contributed by atoms with Crippen molar-refractivity contribution in [2.75, 3.05) is 0 Å². The number of unbranched alkanes of at least 4 members (excludes halogenated alkanes) is 11. The summed E-state index contributed by atoms with van der Waals surface area (Å²) in [6.45, 7) is 2.21. The van der Waals surface area contributed by atoms with E-state index >= 15 is 0 Å². The molecule has 0 spiro atoms. The van der Waals surface area contributed by atoms with E-state index in [1.165, 1.54) is 44.9 Å². The summed E-state index contributed by atoms with van der Waals surface area (Å²) in [6.07, 6.45) is 16.8. The van der Waals surface area contributed by atoms with Crippen LogP contribution in [0.5, 0.6) is 0 Å². The van der Waals surface area contributed by atoms with Crippen LogP contribution in [-0.4, -0.2) is 16.9 Å². The molecule has 0 aromatic carbocycles. The highest BCUT2D eigenvalue weighted by Gasteiger charge is 2.02. The molecule has 0 aliphatic rings. The summed E-state index contributed by atoms with van der Waals surface area (Å²) in [6, 6.07) is 0. The van der Waals surface area contributed by atoms with Crippen LogP contribution < -0.4 is 0 Å². The Labute approximate surface area is 136 Å². The molecule has 0 aliphatic carbocycles. The van der Waals surface area contributed by atoms with Gasteiger partial charge in [-0.05, 0) is 19.3 Å². The van der Waals surface area contributed by atoms with E-state index in [9.17, 15) is 9.59 Å². The van der Waals surface area contributed by atoms with Gasteiger partial charge in [0.2, 0.25) is 0 Å². The van der Waals surface area contributed by atoms with Gasteiger partial charge in [-0.3, -0.25) is 9.59 Å². The van der Waals surface area contributed by atoms with Crippen molar-refractivity contribution in [3.8, 4) is 0 Å². The first-order valence-corrected chi connectivity index (χ1v) is 9.40. The van der Waals surface area contributed by atoms with Crippen LogP contribution in [0.4, 0.5) is 0 Å². The number of aliphatic carboxylic acids is 1. The largest absolute Gasteiger partial charge is 0.481 e. The Morgan fingerprint density at radius 2 is 0.955 bits per heavy atom. The van der Waals surface area contributed by atoms with Gasteiger partial charge in [0.05, 0.1) is 0 Å². The number of hydrogen-bond acceptors (Lipinski definition) is 2. The molecule has 22 heavy (non-hydrogen) atoms. The molecule has 130 valence electrons. The van der Waals surface area contributed by atoms with E-state index in [0.717, 1.165) is 51.4 Å². The van der Waals surface area contributed by atoms with Crippen LogP contribution in [0.2, 0.25) is 0 Å². The average Bonchev–Trinajstić information content (AvgIpc) is 2.48. The molecule has 0 aliphatic heterocycles. The van der Waals surface area contributed by atoms with Gasteiger partial charge in [0, 0.05) is 19.3 Å². The van der Waals surface area contributed by atoms with Crippen LogP contribution >= 0.6 is 0 Å². The first-order chi connectivity index (χ1) is 10.7. The van der Waals surface area contributed by atoms with E-state index < -0.39 is 5.97 Å². The van der Waals surface area contributed by atoms with Gasteiger partial charge in [0.15, 0.2) is 0 Å². The maximum absolute atomic E-state index is 11.7. The fourth-order valence-corrected chi connectivity index (χ4v) is 2.71. The van der Waals surface area contributed by atoms with Gasteiger partial charge in [0.1, 0.15) is 5.78 Å². The lowest BCUT2D eigenvalue weighted by molar-refractivity contribution is -0.137. The van der Waals surface area contributed by atoms with Gasteiger partial charge in [0.25, 0.3) is 0 Å². The zero-order valence-electron chi connectivity index (χ0n) is 14.6. The summed E-state index contributed by atoms with van der Waals surface area (Å²) in [5, 5.41) is 8.52. The molecular formula is C19H36O3. The van der Waals surface area contributed by atoms with Crippen LogP contribution in [0.3, 0.4) is 0 Å². The van der Waals surface area contributed by atoms with Crippen molar-refractivity contribution in [1.82, 2.24) is 0 Å². The molecule has 0 radical (unpaired) electrons. The molecule has 0 rings (SSSR count). The first kappa shape index (κ1) is 21.1. The van der Waals surface area contributed by atoms with Crippen LogP contribution in [-0.2, 0) is 9.59 Å². The number of carboxylic acids is 1. The lowest BCUT2D eigenvalue weighted by Crippen LogP contribution is -1.97. The molecule has 0 atom stereocenters. The maximum atomic E-state index is 11.7. The van der Waals surface area contributed by atoms with Crippen molar-refractivity contribution in [3.05, 3.63) is 0 Å². The molecule has 0 heterocycles. The number of Topliss-reactive ketones (excluding diaryl/α,β-unsaturated/α-hetero) is 1. The zero-order valence-corrected chi connectivity index (χ0v) is 14.6. The molecule has 0 amide bonds. The highest BCUT2D eigenvalue weighted by Crippen LogP contribution is 2.12. The lowest BCUT2D eigenvalue weighted by atomic mass is 10.0. The maximum Gasteiger partial charge on any atom is 0.303 e. The Hall–Kier alpha value is -0.860. The molecule has 3 nitrogen and oxygen atoms in total. The highest BCUT2D eigenvalue weighted by atomic mass is 16.4. The molecule has 1 N–H and O–H groups in total. The number of carboxylic acid groups (broad SMARTS) is 1. The summed E-state index contributed by atoms with van der Waals surface area (Å²) in [4.78, 5) is 22.0. The predicted molar refractivity (Wildman–Crippen MR) is 92.2 cm³/mol. The summed E-state index contributed by atoms with van der Waals surface area (Å²) < 4.78 is 0. The topological polar surface area (TPSA) is 54.4 Å². The van der Waals surface area contributed by atoms with Crippen molar-refractivity contribution < 1.29 is 14.7 Å². The van der Waals surface area contributed by atoms with Gasteiger partial charge >= 0.3 is 5.97 Å². The standard InChI is InChI=1S/C19H36O3/c1-2-3-4-9-12-15-18(20)16-13-10-7-5-6-8-11-14-17-19(21)22/h2-17H2,1H3,(H,21,22). The van der Waals surface area contributed by atoms with Crippen LogP contribution in [0.1, 0.15) is 110 Å². The minimum absolute atomic E-state index is 0.306. The van der Waals surface area contributed by atoms with E-state index in [1.807, 2.05) is 0 Å². The van der Waals surface area contributed by atoms with E-state index in [1.54, 1.807) is 0 Å². The number of carbonyl (C=O) groups is 2. The van der Waals surface area contributed by atoms with Gasteiger partial charge in [-0.1, -0.05) is 71.1 Å². The quantitative estimate of drug-likeness (QED) is 0.340. The third-order valence-electron chi connectivity index (χ3n) is 4.16. The fourth-order valence-electron chi connectivity index (χ4n) is 2.71. The number of ketones is 1. The van der Waals surface area contributed by atoms with E-state index in [-0.39, 0.29) is 0 Å². The second-order valence-corrected chi connectivity index (χ2v) is 6.43.